The van der Waals surface area contributed by atoms with Crippen molar-refractivity contribution in [1.29, 1.82) is 0 Å². The van der Waals surface area contributed by atoms with E-state index in [1.165, 1.54) is 0 Å². The summed E-state index contributed by atoms with van der Waals surface area (Å²) in [6.07, 6.45) is 2.10. The summed E-state index contributed by atoms with van der Waals surface area (Å²) in [5.41, 5.74) is 2.82. The Kier molecular flexibility index (Phi) is 12.2. The van der Waals surface area contributed by atoms with Gasteiger partial charge in [-0.25, -0.2) is 0 Å². The Hall–Kier alpha value is -2.14. The molecule has 172 valence electrons. The van der Waals surface area contributed by atoms with E-state index in [4.69, 9.17) is 4.52 Å². The fourth-order valence-electron chi connectivity index (χ4n) is 3.14. The van der Waals surface area contributed by atoms with E-state index < -0.39 is 0 Å². The second-order valence-corrected chi connectivity index (χ2v) is 7.50. The van der Waals surface area contributed by atoms with Crippen LogP contribution >= 0.6 is 24.0 Å². The van der Waals surface area contributed by atoms with E-state index in [9.17, 15) is 4.79 Å². The predicted octanol–water partition coefficient (Wildman–Crippen LogP) is 3.56. The van der Waals surface area contributed by atoms with E-state index in [0.29, 0.717) is 31.5 Å². The van der Waals surface area contributed by atoms with Crippen molar-refractivity contribution in [2.75, 3.05) is 33.0 Å². The van der Waals surface area contributed by atoms with Crippen molar-refractivity contribution >= 4 is 41.5 Å². The number of carbonyl (C=O) groups excluding carboxylic acids is 1. The molecule has 0 atom stereocenters. The largest absolute Gasteiger partial charge is 0.359 e. The summed E-state index contributed by atoms with van der Waals surface area (Å²) < 4.78 is 5.45. The van der Waals surface area contributed by atoms with Gasteiger partial charge in [0.2, 0.25) is 5.91 Å². The van der Waals surface area contributed by atoms with Crippen LogP contribution in [0.25, 0.3) is 0 Å². The van der Waals surface area contributed by atoms with Crippen LogP contribution in [0.3, 0.4) is 0 Å². The minimum atomic E-state index is -0.0394. The first-order valence-electron chi connectivity index (χ1n) is 10.4. The van der Waals surface area contributed by atoms with E-state index in [1.807, 2.05) is 49.3 Å². The average molecular weight is 542 g/mol. The molecular weight excluding hydrogens is 507 g/mol. The third-order valence-corrected chi connectivity index (χ3v) is 4.77. The van der Waals surface area contributed by atoms with Gasteiger partial charge < -0.3 is 25.4 Å². The van der Waals surface area contributed by atoms with Gasteiger partial charge in [-0.2, -0.15) is 0 Å². The van der Waals surface area contributed by atoms with Crippen LogP contribution in [0.15, 0.2) is 39.8 Å². The number of amides is 1. The smallest absolute Gasteiger partial charge is 0.238 e. The highest BCUT2D eigenvalue weighted by atomic mass is 127. The minimum absolute atomic E-state index is 0. The number of carbonyl (C=O) groups is 1. The molecule has 0 saturated heterocycles. The van der Waals surface area contributed by atoms with Crippen LogP contribution in [0, 0.1) is 0 Å². The molecule has 0 aliphatic heterocycles. The second kappa shape index (κ2) is 14.0. The number of rotatable bonds is 10. The van der Waals surface area contributed by atoms with Gasteiger partial charge in [-0.05, 0) is 44.6 Å². The average Bonchev–Trinajstić information content (AvgIpc) is 3.17. The highest BCUT2D eigenvalue weighted by molar-refractivity contribution is 14.0. The fourth-order valence-corrected chi connectivity index (χ4v) is 3.14. The predicted molar refractivity (Wildman–Crippen MR) is 136 cm³/mol. The second-order valence-electron chi connectivity index (χ2n) is 7.50. The van der Waals surface area contributed by atoms with Crippen molar-refractivity contribution < 1.29 is 9.32 Å². The van der Waals surface area contributed by atoms with E-state index in [2.05, 4.69) is 39.9 Å². The van der Waals surface area contributed by atoms with E-state index in [0.717, 1.165) is 35.5 Å². The lowest BCUT2D eigenvalue weighted by Gasteiger charge is -2.13. The molecule has 1 aromatic heterocycles. The molecule has 0 bridgehead atoms. The molecule has 1 heterocycles. The maximum Gasteiger partial charge on any atom is 0.238 e. The summed E-state index contributed by atoms with van der Waals surface area (Å²) >= 11 is 0. The fraction of sp³-hybridized carbons (Fsp3) is 0.500. The number of aromatic nitrogens is 1. The molecule has 0 aliphatic rings. The van der Waals surface area contributed by atoms with Gasteiger partial charge in [0.25, 0.3) is 0 Å². The van der Waals surface area contributed by atoms with Gasteiger partial charge in [-0.1, -0.05) is 31.1 Å². The summed E-state index contributed by atoms with van der Waals surface area (Å²) in [5, 5.41) is 13.6. The lowest BCUT2D eigenvalue weighted by molar-refractivity contribution is -0.116. The number of halogens is 1. The zero-order valence-electron chi connectivity index (χ0n) is 19.1. The zero-order valence-corrected chi connectivity index (χ0v) is 21.4. The molecule has 31 heavy (non-hydrogen) atoms. The summed E-state index contributed by atoms with van der Waals surface area (Å²) in [7, 11) is 5.46. The van der Waals surface area contributed by atoms with Crippen LogP contribution in [-0.4, -0.2) is 49.6 Å². The molecule has 8 nitrogen and oxygen atoms in total. The Labute approximate surface area is 202 Å². The van der Waals surface area contributed by atoms with Crippen molar-refractivity contribution in [3.05, 3.63) is 47.3 Å². The van der Waals surface area contributed by atoms with Gasteiger partial charge in [-0.3, -0.25) is 9.79 Å². The van der Waals surface area contributed by atoms with Crippen LogP contribution in [-0.2, 0) is 17.9 Å². The monoisotopic (exact) mass is 542 g/mol. The Morgan fingerprint density at radius 2 is 1.87 bits per heavy atom. The topological polar surface area (TPSA) is 94.8 Å². The van der Waals surface area contributed by atoms with E-state index >= 15 is 0 Å². The Balaban J connectivity index is 0.00000480. The molecule has 0 spiro atoms. The van der Waals surface area contributed by atoms with Crippen LogP contribution in [0.5, 0.6) is 0 Å². The maximum atomic E-state index is 11.9. The molecule has 9 heteroatoms. The van der Waals surface area contributed by atoms with Crippen LogP contribution < -0.4 is 16.0 Å². The molecule has 1 amide bonds. The molecule has 1 aromatic carbocycles. The van der Waals surface area contributed by atoms with E-state index in [1.54, 1.807) is 7.05 Å². The molecule has 0 radical (unpaired) electrons. The SMILES string of the molecule is CCC(CC)c1cc(CNC(=NC)NCc2cccc(NC(=O)CN(C)C)c2)on1.I. The van der Waals surface area contributed by atoms with Gasteiger partial charge >= 0.3 is 0 Å². The molecule has 2 aromatic rings. The number of guanidine groups is 1. The Morgan fingerprint density at radius 1 is 1.16 bits per heavy atom. The van der Waals surface area contributed by atoms with Crippen LogP contribution in [0.1, 0.15) is 49.6 Å². The molecule has 3 N–H and O–H groups in total. The zero-order chi connectivity index (χ0) is 21.9. The summed E-state index contributed by atoms with van der Waals surface area (Å²) in [4.78, 5) is 18.0. The molecule has 0 aliphatic carbocycles. The number of nitrogens with zero attached hydrogens (tertiary/aromatic N) is 3. The van der Waals surface area contributed by atoms with Gasteiger partial charge in [0.1, 0.15) is 0 Å². The van der Waals surface area contributed by atoms with Crippen molar-refractivity contribution in [3.63, 3.8) is 0 Å². The lowest BCUT2D eigenvalue weighted by Crippen LogP contribution is -2.36. The number of likely N-dealkylation sites (N-methyl/N-ethyl adjacent to an activating group) is 1. The Bertz CT molecular complexity index is 833. The number of hydrogen-bond acceptors (Lipinski definition) is 5. The van der Waals surface area contributed by atoms with Crippen molar-refractivity contribution in [2.24, 2.45) is 4.99 Å². The number of nitrogens with one attached hydrogen (secondary N) is 3. The lowest BCUT2D eigenvalue weighted by atomic mass is 9.99. The van der Waals surface area contributed by atoms with Crippen molar-refractivity contribution in [2.45, 2.75) is 45.7 Å². The van der Waals surface area contributed by atoms with Crippen molar-refractivity contribution in [1.82, 2.24) is 20.7 Å². The van der Waals surface area contributed by atoms with Crippen LogP contribution in [0.4, 0.5) is 5.69 Å². The molecule has 0 fully saturated rings. The first-order valence-corrected chi connectivity index (χ1v) is 10.4. The minimum Gasteiger partial charge on any atom is -0.359 e. The number of benzene rings is 1. The quantitative estimate of drug-likeness (QED) is 0.242. The number of anilines is 1. The highest BCUT2D eigenvalue weighted by Crippen LogP contribution is 2.22. The summed E-state index contributed by atoms with van der Waals surface area (Å²) in [6.45, 7) is 5.75. The molecule has 0 saturated carbocycles. The number of hydrogen-bond donors (Lipinski definition) is 3. The van der Waals surface area contributed by atoms with Gasteiger partial charge in [0.15, 0.2) is 11.7 Å². The normalized spacial score (nSPS) is 11.4. The first kappa shape index (κ1) is 26.9. The highest BCUT2D eigenvalue weighted by Gasteiger charge is 2.13. The summed E-state index contributed by atoms with van der Waals surface area (Å²) in [5.74, 6) is 1.84. The molecule has 2 rings (SSSR count). The van der Waals surface area contributed by atoms with Gasteiger partial charge in [0.05, 0.1) is 18.8 Å². The third kappa shape index (κ3) is 9.26. The standard InChI is InChI=1S/C22H34N6O2.HI/c1-6-17(7-2)20-12-19(30-27-20)14-25-22(23-3)24-13-16-9-8-10-18(11-16)26-21(29)15-28(4)5;/h8-12,17H,6-7,13-15H2,1-5H3,(H,26,29)(H2,23,24,25);1H. The van der Waals surface area contributed by atoms with Crippen molar-refractivity contribution in [3.8, 4) is 0 Å². The summed E-state index contributed by atoms with van der Waals surface area (Å²) in [6, 6.07) is 9.77. The molecular formula is C22H35IN6O2. The van der Waals surface area contributed by atoms with Gasteiger partial charge in [-0.15, -0.1) is 24.0 Å². The van der Waals surface area contributed by atoms with Gasteiger partial charge in [0, 0.05) is 31.3 Å². The Morgan fingerprint density at radius 3 is 2.52 bits per heavy atom. The maximum absolute atomic E-state index is 11.9. The number of aliphatic imine (C=N–C) groups is 1. The molecule has 0 unspecified atom stereocenters. The first-order chi connectivity index (χ1) is 14.4. The van der Waals surface area contributed by atoms with Crippen LogP contribution in [0.2, 0.25) is 0 Å². The van der Waals surface area contributed by atoms with E-state index in [-0.39, 0.29) is 29.9 Å². The third-order valence-electron chi connectivity index (χ3n) is 4.77.